The third-order valence-corrected chi connectivity index (χ3v) is 6.35. The normalized spacial score (nSPS) is 23.8. The predicted octanol–water partition coefficient (Wildman–Crippen LogP) is 3.58. The highest BCUT2D eigenvalue weighted by molar-refractivity contribution is 5.77. The van der Waals surface area contributed by atoms with Gasteiger partial charge in [-0.2, -0.15) is 0 Å². The lowest BCUT2D eigenvalue weighted by Gasteiger charge is -2.47. The Hall–Kier alpha value is -2.30. The molecule has 5 heteroatoms. The fourth-order valence-corrected chi connectivity index (χ4v) is 4.84. The van der Waals surface area contributed by atoms with Crippen molar-refractivity contribution < 1.29 is 4.79 Å². The van der Waals surface area contributed by atoms with Crippen molar-refractivity contribution >= 4 is 11.6 Å². The summed E-state index contributed by atoms with van der Waals surface area (Å²) in [5, 5.41) is 0. The van der Waals surface area contributed by atoms with E-state index in [1.807, 2.05) is 12.3 Å². The van der Waals surface area contributed by atoms with Crippen molar-refractivity contribution in [1.29, 1.82) is 0 Å². The van der Waals surface area contributed by atoms with Gasteiger partial charge in [-0.3, -0.25) is 4.79 Å². The molecule has 2 aromatic heterocycles. The van der Waals surface area contributed by atoms with Crippen molar-refractivity contribution in [2.75, 3.05) is 24.5 Å². The van der Waals surface area contributed by atoms with Crippen molar-refractivity contribution in [3.05, 3.63) is 42.4 Å². The molecule has 1 saturated carbocycles. The van der Waals surface area contributed by atoms with Gasteiger partial charge in [-0.1, -0.05) is 13.8 Å². The number of carbonyl (C=O) groups excluding carboxylic acids is 1. The maximum Gasteiger partial charge on any atom is 0.222 e. The number of pyridine rings is 1. The zero-order valence-electron chi connectivity index (χ0n) is 16.3. The molecule has 1 spiro atoms. The van der Waals surface area contributed by atoms with Crippen LogP contribution < -0.4 is 4.90 Å². The van der Waals surface area contributed by atoms with Gasteiger partial charge in [0.2, 0.25) is 5.91 Å². The van der Waals surface area contributed by atoms with Crippen LogP contribution >= 0.6 is 0 Å². The summed E-state index contributed by atoms with van der Waals surface area (Å²) in [5.41, 5.74) is 2.37. The summed E-state index contributed by atoms with van der Waals surface area (Å²) in [4.78, 5) is 22.2. The molecule has 5 nitrogen and oxygen atoms in total. The molecular weight excluding hydrogens is 336 g/mol. The molecule has 1 aliphatic carbocycles. The van der Waals surface area contributed by atoms with Crippen molar-refractivity contribution in [2.24, 2.45) is 11.8 Å². The molecule has 27 heavy (non-hydrogen) atoms. The molecule has 2 aromatic rings. The van der Waals surface area contributed by atoms with Crippen molar-refractivity contribution in [3.63, 3.8) is 0 Å². The Labute approximate surface area is 161 Å². The minimum atomic E-state index is -0.130. The van der Waals surface area contributed by atoms with Crippen LogP contribution in [0.3, 0.4) is 0 Å². The average molecular weight is 364 g/mol. The molecule has 2 fully saturated rings. The van der Waals surface area contributed by atoms with Crippen LogP contribution in [-0.4, -0.2) is 40.0 Å². The Morgan fingerprint density at radius 1 is 1.30 bits per heavy atom. The van der Waals surface area contributed by atoms with Gasteiger partial charge in [0.1, 0.15) is 5.54 Å². The first-order valence-electron chi connectivity index (χ1n) is 10.3. The minimum Gasteiger partial charge on any atom is -0.355 e. The van der Waals surface area contributed by atoms with E-state index in [0.29, 0.717) is 18.2 Å². The van der Waals surface area contributed by atoms with Crippen molar-refractivity contribution in [3.8, 4) is 5.82 Å². The Kier molecular flexibility index (Phi) is 3.81. The molecule has 0 bridgehead atoms. The molecular formula is C22H28N4O. The van der Waals surface area contributed by atoms with Gasteiger partial charge in [0, 0.05) is 38.4 Å². The quantitative estimate of drug-likeness (QED) is 0.833. The number of aromatic nitrogens is 2. The van der Waals surface area contributed by atoms with Crippen LogP contribution in [0.4, 0.5) is 5.69 Å². The standard InChI is InChI=1S/C22H28N4O/c1-16(2)13-20(27)24-12-9-22(15-24)19-6-4-11-25(19)21-18(5-3-10-23-21)26(22)14-17-7-8-17/h3-6,10-11,16-17H,7-9,12-15H2,1-2H3. The zero-order valence-corrected chi connectivity index (χ0v) is 16.3. The highest BCUT2D eigenvalue weighted by atomic mass is 16.2. The maximum absolute atomic E-state index is 12.8. The summed E-state index contributed by atoms with van der Waals surface area (Å²) in [6.45, 7) is 6.93. The first-order chi connectivity index (χ1) is 13.1. The van der Waals surface area contributed by atoms with E-state index >= 15 is 0 Å². The second-order valence-corrected chi connectivity index (χ2v) is 8.86. The Morgan fingerprint density at radius 2 is 2.15 bits per heavy atom. The van der Waals surface area contributed by atoms with Crippen LogP contribution in [0.15, 0.2) is 36.7 Å². The van der Waals surface area contributed by atoms with E-state index in [0.717, 1.165) is 37.8 Å². The fraction of sp³-hybridized carbons (Fsp3) is 0.545. The Balaban J connectivity index is 1.57. The molecule has 142 valence electrons. The molecule has 0 N–H and O–H groups in total. The largest absolute Gasteiger partial charge is 0.355 e. The van der Waals surface area contributed by atoms with Gasteiger partial charge in [0.15, 0.2) is 5.82 Å². The topological polar surface area (TPSA) is 41.4 Å². The zero-order chi connectivity index (χ0) is 18.6. The maximum atomic E-state index is 12.8. The number of carbonyl (C=O) groups is 1. The van der Waals surface area contributed by atoms with Gasteiger partial charge in [-0.05, 0) is 55.4 Å². The van der Waals surface area contributed by atoms with Gasteiger partial charge in [0.25, 0.3) is 0 Å². The Bertz CT molecular complexity index is 869. The summed E-state index contributed by atoms with van der Waals surface area (Å²) in [6, 6.07) is 8.59. The van der Waals surface area contributed by atoms with Crippen LogP contribution in [0, 0.1) is 11.8 Å². The van der Waals surface area contributed by atoms with E-state index in [2.05, 4.69) is 52.6 Å². The second kappa shape index (κ2) is 6.11. The van der Waals surface area contributed by atoms with Crippen LogP contribution in [0.1, 0.15) is 45.2 Å². The van der Waals surface area contributed by atoms with Gasteiger partial charge in [-0.15, -0.1) is 0 Å². The lowest BCUT2D eigenvalue weighted by molar-refractivity contribution is -0.131. The van der Waals surface area contributed by atoms with E-state index in [9.17, 15) is 4.79 Å². The molecule has 0 aromatic carbocycles. The van der Waals surface area contributed by atoms with Gasteiger partial charge in [0.05, 0.1) is 11.4 Å². The number of hydrogen-bond donors (Lipinski definition) is 0. The minimum absolute atomic E-state index is 0.130. The summed E-state index contributed by atoms with van der Waals surface area (Å²) >= 11 is 0. The summed E-state index contributed by atoms with van der Waals surface area (Å²) in [6.07, 6.45) is 8.26. The summed E-state index contributed by atoms with van der Waals surface area (Å²) < 4.78 is 2.25. The summed E-state index contributed by atoms with van der Waals surface area (Å²) in [7, 11) is 0. The predicted molar refractivity (Wildman–Crippen MR) is 106 cm³/mol. The van der Waals surface area contributed by atoms with E-state index in [1.165, 1.54) is 24.2 Å². The number of nitrogens with zero attached hydrogens (tertiary/aromatic N) is 4. The molecule has 2 aliphatic heterocycles. The average Bonchev–Trinajstić information content (AvgIpc) is 3.16. The van der Waals surface area contributed by atoms with Gasteiger partial charge in [-0.25, -0.2) is 4.98 Å². The molecule has 1 atom stereocenters. The number of fused-ring (bicyclic) bond motifs is 4. The molecule has 4 heterocycles. The van der Waals surface area contributed by atoms with Gasteiger partial charge >= 0.3 is 0 Å². The second-order valence-electron chi connectivity index (χ2n) is 8.86. The van der Waals surface area contributed by atoms with Crippen LogP contribution in [0.25, 0.3) is 5.82 Å². The molecule has 5 rings (SSSR count). The number of rotatable bonds is 4. The van der Waals surface area contributed by atoms with Crippen molar-refractivity contribution in [1.82, 2.24) is 14.5 Å². The lowest BCUT2D eigenvalue weighted by atomic mass is 9.88. The third-order valence-electron chi connectivity index (χ3n) is 6.35. The van der Waals surface area contributed by atoms with Crippen LogP contribution in [0.2, 0.25) is 0 Å². The molecule has 1 saturated heterocycles. The number of likely N-dealkylation sites (tertiary alicyclic amines) is 1. The Morgan fingerprint density at radius 3 is 2.93 bits per heavy atom. The van der Waals surface area contributed by atoms with E-state index in [4.69, 9.17) is 4.98 Å². The lowest BCUT2D eigenvalue weighted by Crippen LogP contribution is -2.53. The van der Waals surface area contributed by atoms with E-state index < -0.39 is 0 Å². The van der Waals surface area contributed by atoms with Gasteiger partial charge < -0.3 is 14.4 Å². The number of anilines is 1. The SMILES string of the molecule is CC(C)CC(=O)N1CCC2(C1)c1cccn1-c1ncccc1N2CC1CC1. The molecule has 1 unspecified atom stereocenters. The monoisotopic (exact) mass is 364 g/mol. The summed E-state index contributed by atoms with van der Waals surface area (Å²) in [5.74, 6) is 2.49. The third kappa shape index (κ3) is 2.67. The smallest absolute Gasteiger partial charge is 0.222 e. The van der Waals surface area contributed by atoms with E-state index in [-0.39, 0.29) is 5.54 Å². The number of amides is 1. The number of hydrogen-bond acceptors (Lipinski definition) is 3. The first-order valence-corrected chi connectivity index (χ1v) is 10.3. The highest BCUT2D eigenvalue weighted by Crippen LogP contribution is 2.48. The highest BCUT2D eigenvalue weighted by Gasteiger charge is 2.51. The molecule has 0 radical (unpaired) electrons. The molecule has 3 aliphatic rings. The van der Waals surface area contributed by atoms with Crippen LogP contribution in [-0.2, 0) is 10.3 Å². The fourth-order valence-electron chi connectivity index (χ4n) is 4.84. The van der Waals surface area contributed by atoms with Crippen LogP contribution in [0.5, 0.6) is 0 Å². The molecule has 1 amide bonds. The first kappa shape index (κ1) is 16.8. The van der Waals surface area contributed by atoms with E-state index in [1.54, 1.807) is 0 Å². The van der Waals surface area contributed by atoms with Crippen molar-refractivity contribution in [2.45, 2.75) is 45.1 Å².